The van der Waals surface area contributed by atoms with E-state index in [-0.39, 0.29) is 30.5 Å². The van der Waals surface area contributed by atoms with Crippen molar-refractivity contribution in [3.63, 3.8) is 0 Å². The van der Waals surface area contributed by atoms with Crippen LogP contribution in [0.5, 0.6) is 0 Å². The van der Waals surface area contributed by atoms with E-state index >= 15 is 0 Å². The van der Waals surface area contributed by atoms with E-state index in [4.69, 9.17) is 4.74 Å². The number of benzene rings is 1. The first kappa shape index (κ1) is 24.8. The van der Waals surface area contributed by atoms with Crippen molar-refractivity contribution in [3.8, 4) is 0 Å². The Bertz CT molecular complexity index is 1140. The van der Waals surface area contributed by atoms with Crippen molar-refractivity contribution in [1.82, 2.24) is 19.7 Å². The Morgan fingerprint density at radius 2 is 1.76 bits per heavy atom. The second-order valence-electron chi connectivity index (χ2n) is 8.19. The SMILES string of the molecule is CC(C)OC(=O)Cc1ccn(CCCCc2ccc(NC(=O)Cc3ccccc3)nn2)c(=O)n1. The second-order valence-corrected chi connectivity index (χ2v) is 8.19. The lowest BCUT2D eigenvalue weighted by molar-refractivity contribution is -0.146. The molecule has 3 rings (SSSR count). The third kappa shape index (κ3) is 8.23. The van der Waals surface area contributed by atoms with Gasteiger partial charge in [-0.05, 0) is 56.9 Å². The van der Waals surface area contributed by atoms with Crippen molar-refractivity contribution in [2.24, 2.45) is 0 Å². The van der Waals surface area contributed by atoms with E-state index in [1.807, 2.05) is 36.4 Å². The van der Waals surface area contributed by atoms with Gasteiger partial charge in [-0.3, -0.25) is 14.2 Å². The Balaban J connectivity index is 1.40. The van der Waals surface area contributed by atoms with Crippen molar-refractivity contribution in [2.75, 3.05) is 5.32 Å². The van der Waals surface area contributed by atoms with Crippen LogP contribution < -0.4 is 11.0 Å². The zero-order valence-electron chi connectivity index (χ0n) is 19.4. The molecule has 9 heteroatoms. The van der Waals surface area contributed by atoms with Crippen LogP contribution in [-0.4, -0.2) is 37.7 Å². The fourth-order valence-electron chi connectivity index (χ4n) is 3.30. The number of unbranched alkanes of at least 4 members (excludes halogenated alkanes) is 1. The number of aryl methyl sites for hydroxylation is 2. The number of esters is 1. The Morgan fingerprint density at radius 1 is 0.971 bits per heavy atom. The first-order chi connectivity index (χ1) is 16.4. The first-order valence-electron chi connectivity index (χ1n) is 11.3. The molecule has 9 nitrogen and oxygen atoms in total. The van der Waals surface area contributed by atoms with Gasteiger partial charge in [-0.2, -0.15) is 10.1 Å². The maximum Gasteiger partial charge on any atom is 0.347 e. The quantitative estimate of drug-likeness (QED) is 0.343. The number of hydrogen-bond acceptors (Lipinski definition) is 7. The van der Waals surface area contributed by atoms with Crippen LogP contribution in [0.15, 0.2) is 59.5 Å². The lowest BCUT2D eigenvalue weighted by Crippen LogP contribution is -2.25. The molecule has 0 unspecified atom stereocenters. The summed E-state index contributed by atoms with van der Waals surface area (Å²) in [6.07, 6.45) is 3.98. The molecular weight excluding hydrogens is 434 g/mol. The van der Waals surface area contributed by atoms with Gasteiger partial charge in [-0.25, -0.2) is 4.79 Å². The molecule has 0 fully saturated rings. The van der Waals surface area contributed by atoms with Crippen LogP contribution in [-0.2, 0) is 40.1 Å². The summed E-state index contributed by atoms with van der Waals surface area (Å²) in [5.41, 5.74) is 1.76. The van der Waals surface area contributed by atoms with Crippen LogP contribution in [0.1, 0.15) is 43.6 Å². The highest BCUT2D eigenvalue weighted by atomic mass is 16.5. The fraction of sp³-hybridized carbons (Fsp3) is 0.360. The standard InChI is InChI=1S/C25H29N5O4/c1-18(2)34-24(32)17-21-13-15-30(25(33)26-21)14-7-6-10-20-11-12-22(29-28-20)27-23(31)16-19-8-4-3-5-9-19/h3-5,8-9,11-13,15,18H,6-7,10,14,16-17H2,1-2H3,(H,27,29,31). The number of nitrogens with zero attached hydrogens (tertiary/aromatic N) is 4. The molecule has 0 aliphatic rings. The van der Waals surface area contributed by atoms with Gasteiger partial charge in [0.2, 0.25) is 5.91 Å². The molecule has 178 valence electrons. The Kier molecular flexibility index (Phi) is 9.02. The fourth-order valence-corrected chi connectivity index (χ4v) is 3.30. The zero-order valence-corrected chi connectivity index (χ0v) is 19.4. The number of carbonyl (C=O) groups is 2. The van der Waals surface area contributed by atoms with Crippen LogP contribution >= 0.6 is 0 Å². The van der Waals surface area contributed by atoms with E-state index in [9.17, 15) is 14.4 Å². The van der Waals surface area contributed by atoms with Crippen molar-refractivity contribution < 1.29 is 14.3 Å². The molecule has 1 N–H and O–H groups in total. The number of aromatic nitrogens is 4. The summed E-state index contributed by atoms with van der Waals surface area (Å²) in [5, 5.41) is 11.0. The molecule has 0 aliphatic heterocycles. The molecule has 0 aliphatic carbocycles. The number of rotatable bonds is 11. The minimum Gasteiger partial charge on any atom is -0.463 e. The summed E-state index contributed by atoms with van der Waals surface area (Å²) in [6, 6.07) is 14.7. The van der Waals surface area contributed by atoms with Crippen LogP contribution in [0.3, 0.4) is 0 Å². The maximum absolute atomic E-state index is 12.2. The molecule has 2 aromatic heterocycles. The normalized spacial score (nSPS) is 10.8. The third-order valence-corrected chi connectivity index (χ3v) is 4.90. The Hall–Kier alpha value is -3.88. The van der Waals surface area contributed by atoms with Gasteiger partial charge in [0.1, 0.15) is 0 Å². The molecule has 0 atom stereocenters. The van der Waals surface area contributed by atoms with Gasteiger partial charge >= 0.3 is 11.7 Å². The Morgan fingerprint density at radius 3 is 2.44 bits per heavy atom. The van der Waals surface area contributed by atoms with Crippen molar-refractivity contribution in [1.29, 1.82) is 0 Å². The van der Waals surface area contributed by atoms with E-state index in [0.717, 1.165) is 24.1 Å². The van der Waals surface area contributed by atoms with E-state index in [2.05, 4.69) is 20.5 Å². The first-order valence-corrected chi connectivity index (χ1v) is 11.3. The Labute approximate surface area is 198 Å². The number of amides is 1. The van der Waals surface area contributed by atoms with E-state index in [0.29, 0.717) is 24.5 Å². The van der Waals surface area contributed by atoms with Crippen LogP contribution in [0.4, 0.5) is 5.82 Å². The lowest BCUT2D eigenvalue weighted by Gasteiger charge is -2.08. The van der Waals surface area contributed by atoms with Crippen molar-refractivity contribution in [3.05, 3.63) is 82.2 Å². The van der Waals surface area contributed by atoms with Gasteiger partial charge in [0.15, 0.2) is 5.82 Å². The predicted molar refractivity (Wildman–Crippen MR) is 127 cm³/mol. The summed E-state index contributed by atoms with van der Waals surface area (Å²) >= 11 is 0. The summed E-state index contributed by atoms with van der Waals surface area (Å²) < 4.78 is 6.60. The van der Waals surface area contributed by atoms with Crippen LogP contribution in [0.2, 0.25) is 0 Å². The summed E-state index contributed by atoms with van der Waals surface area (Å²) in [4.78, 5) is 40.0. The van der Waals surface area contributed by atoms with Crippen LogP contribution in [0.25, 0.3) is 0 Å². The lowest BCUT2D eigenvalue weighted by atomic mass is 10.1. The minimum absolute atomic E-state index is 0.0182. The molecule has 3 aromatic rings. The van der Waals surface area contributed by atoms with Crippen molar-refractivity contribution >= 4 is 17.7 Å². The largest absolute Gasteiger partial charge is 0.463 e. The zero-order chi connectivity index (χ0) is 24.3. The second kappa shape index (κ2) is 12.4. The minimum atomic E-state index is -0.400. The van der Waals surface area contributed by atoms with E-state index in [1.165, 1.54) is 4.57 Å². The topological polar surface area (TPSA) is 116 Å². The average molecular weight is 464 g/mol. The molecule has 0 saturated heterocycles. The highest BCUT2D eigenvalue weighted by Gasteiger charge is 2.10. The smallest absolute Gasteiger partial charge is 0.347 e. The summed E-state index contributed by atoms with van der Waals surface area (Å²) in [7, 11) is 0. The van der Waals surface area contributed by atoms with Crippen LogP contribution in [0, 0.1) is 0 Å². The molecule has 0 saturated carbocycles. The highest BCUT2D eigenvalue weighted by molar-refractivity contribution is 5.91. The van der Waals surface area contributed by atoms with Gasteiger partial charge in [0.25, 0.3) is 0 Å². The van der Waals surface area contributed by atoms with E-state index in [1.54, 1.807) is 32.2 Å². The molecule has 0 spiro atoms. The van der Waals surface area contributed by atoms with Gasteiger partial charge in [0.05, 0.1) is 30.3 Å². The number of hydrogen-bond donors (Lipinski definition) is 1. The average Bonchev–Trinajstić information content (AvgIpc) is 2.79. The number of nitrogens with one attached hydrogen (secondary N) is 1. The summed E-state index contributed by atoms with van der Waals surface area (Å²) in [6.45, 7) is 4.06. The number of ether oxygens (including phenoxy) is 1. The molecule has 1 aromatic carbocycles. The molecule has 0 bridgehead atoms. The highest BCUT2D eigenvalue weighted by Crippen LogP contribution is 2.08. The molecule has 0 radical (unpaired) electrons. The molecule has 34 heavy (non-hydrogen) atoms. The predicted octanol–water partition coefficient (Wildman–Crippen LogP) is 2.73. The maximum atomic E-state index is 12.2. The number of anilines is 1. The monoisotopic (exact) mass is 463 g/mol. The molecule has 1 amide bonds. The molecular formula is C25H29N5O4. The number of carbonyl (C=O) groups excluding carboxylic acids is 2. The van der Waals surface area contributed by atoms with Gasteiger partial charge in [-0.1, -0.05) is 30.3 Å². The molecule has 2 heterocycles. The summed E-state index contributed by atoms with van der Waals surface area (Å²) in [5.74, 6) is -0.127. The van der Waals surface area contributed by atoms with E-state index < -0.39 is 5.97 Å². The van der Waals surface area contributed by atoms with Crippen molar-refractivity contribution in [2.45, 2.75) is 58.6 Å². The van der Waals surface area contributed by atoms with Gasteiger partial charge in [-0.15, -0.1) is 5.10 Å². The van der Waals surface area contributed by atoms with Gasteiger partial charge < -0.3 is 10.1 Å². The van der Waals surface area contributed by atoms with Gasteiger partial charge in [0, 0.05) is 12.7 Å². The third-order valence-electron chi connectivity index (χ3n) is 4.90.